The predicted molar refractivity (Wildman–Crippen MR) is 63.1 cm³/mol. The SMILES string of the molecule is CCCCCC(=N)C1CCCCCC1. The third-order valence-electron chi connectivity index (χ3n) is 3.40. The highest BCUT2D eigenvalue weighted by molar-refractivity contribution is 5.83. The first-order valence-electron chi connectivity index (χ1n) is 6.42. The molecule has 82 valence electrons. The van der Waals surface area contributed by atoms with E-state index in [0.29, 0.717) is 5.92 Å². The van der Waals surface area contributed by atoms with Gasteiger partial charge < -0.3 is 5.41 Å². The van der Waals surface area contributed by atoms with Crippen LogP contribution < -0.4 is 0 Å². The van der Waals surface area contributed by atoms with Crippen LogP contribution in [0.25, 0.3) is 0 Å². The fraction of sp³-hybridized carbons (Fsp3) is 0.923. The van der Waals surface area contributed by atoms with Crippen LogP contribution in [0.15, 0.2) is 0 Å². The molecule has 0 atom stereocenters. The van der Waals surface area contributed by atoms with Gasteiger partial charge in [0.1, 0.15) is 0 Å². The quantitative estimate of drug-likeness (QED) is 0.378. The lowest BCUT2D eigenvalue weighted by atomic mass is 9.91. The minimum atomic E-state index is 0.648. The zero-order valence-electron chi connectivity index (χ0n) is 9.65. The molecule has 0 bridgehead atoms. The molecule has 1 heteroatoms. The number of unbranched alkanes of at least 4 members (excludes halogenated alkanes) is 2. The molecule has 0 amide bonds. The minimum absolute atomic E-state index is 0.648. The van der Waals surface area contributed by atoms with E-state index in [1.54, 1.807) is 0 Å². The lowest BCUT2D eigenvalue weighted by molar-refractivity contribution is 0.572. The summed E-state index contributed by atoms with van der Waals surface area (Å²) in [5, 5.41) is 8.06. The van der Waals surface area contributed by atoms with E-state index < -0.39 is 0 Å². The molecular formula is C13H25N. The Morgan fingerprint density at radius 3 is 2.29 bits per heavy atom. The molecule has 1 fully saturated rings. The van der Waals surface area contributed by atoms with Crippen LogP contribution in [-0.4, -0.2) is 5.71 Å². The summed E-state index contributed by atoms with van der Waals surface area (Å²) < 4.78 is 0. The maximum Gasteiger partial charge on any atom is 0.0120 e. The van der Waals surface area contributed by atoms with Crippen LogP contribution in [0.5, 0.6) is 0 Å². The number of rotatable bonds is 5. The number of hydrogen-bond acceptors (Lipinski definition) is 1. The van der Waals surface area contributed by atoms with Gasteiger partial charge in [-0.3, -0.25) is 0 Å². The Morgan fingerprint density at radius 1 is 1.07 bits per heavy atom. The van der Waals surface area contributed by atoms with Crippen LogP contribution >= 0.6 is 0 Å². The van der Waals surface area contributed by atoms with Gasteiger partial charge in [0.25, 0.3) is 0 Å². The topological polar surface area (TPSA) is 23.9 Å². The second-order valence-electron chi connectivity index (χ2n) is 4.67. The average Bonchev–Trinajstić information content (AvgIpc) is 2.46. The molecule has 0 aromatic rings. The Balaban J connectivity index is 2.20. The van der Waals surface area contributed by atoms with E-state index >= 15 is 0 Å². The van der Waals surface area contributed by atoms with Crippen LogP contribution in [0.2, 0.25) is 0 Å². The first-order chi connectivity index (χ1) is 6.84. The molecule has 0 aromatic heterocycles. The van der Waals surface area contributed by atoms with Crippen LogP contribution in [0.1, 0.15) is 71.1 Å². The van der Waals surface area contributed by atoms with E-state index in [-0.39, 0.29) is 0 Å². The fourth-order valence-corrected chi connectivity index (χ4v) is 2.40. The summed E-state index contributed by atoms with van der Waals surface area (Å²) in [6, 6.07) is 0. The van der Waals surface area contributed by atoms with Gasteiger partial charge in [0.2, 0.25) is 0 Å². The Labute approximate surface area is 88.8 Å². The molecule has 1 nitrogen and oxygen atoms in total. The van der Waals surface area contributed by atoms with Crippen LogP contribution in [0, 0.1) is 11.3 Å². The Bertz CT molecular complexity index is 155. The molecule has 0 saturated heterocycles. The zero-order chi connectivity index (χ0) is 10.2. The third-order valence-corrected chi connectivity index (χ3v) is 3.40. The molecule has 1 aliphatic carbocycles. The Hall–Kier alpha value is -0.330. The van der Waals surface area contributed by atoms with Crippen molar-refractivity contribution in [3.05, 3.63) is 0 Å². The zero-order valence-corrected chi connectivity index (χ0v) is 9.65. The summed E-state index contributed by atoms with van der Waals surface area (Å²) >= 11 is 0. The van der Waals surface area contributed by atoms with Gasteiger partial charge in [-0.2, -0.15) is 0 Å². The fourth-order valence-electron chi connectivity index (χ4n) is 2.40. The standard InChI is InChI=1S/C13H25N/c1-2-3-6-11-13(14)12-9-7-4-5-8-10-12/h12,14H,2-11H2,1H3. The van der Waals surface area contributed by atoms with Crippen molar-refractivity contribution in [2.45, 2.75) is 71.1 Å². The van der Waals surface area contributed by atoms with Gasteiger partial charge in [0.15, 0.2) is 0 Å². The number of hydrogen-bond donors (Lipinski definition) is 1. The summed E-state index contributed by atoms with van der Waals surface area (Å²) in [5.74, 6) is 0.648. The van der Waals surface area contributed by atoms with Crippen molar-refractivity contribution < 1.29 is 0 Å². The van der Waals surface area contributed by atoms with E-state index in [0.717, 1.165) is 12.1 Å². The van der Waals surface area contributed by atoms with E-state index in [1.165, 1.54) is 57.8 Å². The van der Waals surface area contributed by atoms with Crippen molar-refractivity contribution in [1.29, 1.82) is 5.41 Å². The van der Waals surface area contributed by atoms with Gasteiger partial charge in [-0.05, 0) is 31.6 Å². The molecule has 1 saturated carbocycles. The van der Waals surface area contributed by atoms with Gasteiger partial charge >= 0.3 is 0 Å². The minimum Gasteiger partial charge on any atom is -0.309 e. The van der Waals surface area contributed by atoms with Gasteiger partial charge in [-0.25, -0.2) is 0 Å². The molecule has 14 heavy (non-hydrogen) atoms. The average molecular weight is 195 g/mol. The highest BCUT2D eigenvalue weighted by Gasteiger charge is 2.15. The van der Waals surface area contributed by atoms with E-state index in [4.69, 9.17) is 5.41 Å². The molecule has 0 aromatic carbocycles. The first-order valence-corrected chi connectivity index (χ1v) is 6.42. The van der Waals surface area contributed by atoms with Crippen molar-refractivity contribution in [2.24, 2.45) is 5.92 Å². The lowest BCUT2D eigenvalue weighted by Crippen LogP contribution is -2.12. The van der Waals surface area contributed by atoms with Crippen molar-refractivity contribution in [3.63, 3.8) is 0 Å². The van der Waals surface area contributed by atoms with Crippen molar-refractivity contribution in [2.75, 3.05) is 0 Å². The Kier molecular flexibility index (Phi) is 5.89. The normalized spacial score (nSPS) is 19.2. The van der Waals surface area contributed by atoms with Crippen LogP contribution in [0.4, 0.5) is 0 Å². The summed E-state index contributed by atoms with van der Waals surface area (Å²) in [5.41, 5.74) is 1.06. The van der Waals surface area contributed by atoms with E-state index in [2.05, 4.69) is 6.92 Å². The second kappa shape index (κ2) is 7.03. The van der Waals surface area contributed by atoms with Gasteiger partial charge in [0, 0.05) is 5.71 Å². The second-order valence-corrected chi connectivity index (χ2v) is 4.67. The predicted octanol–water partition coefficient (Wildman–Crippen LogP) is 4.56. The summed E-state index contributed by atoms with van der Waals surface area (Å²) in [6.45, 7) is 2.23. The lowest BCUT2D eigenvalue weighted by Gasteiger charge is -2.15. The molecule has 1 aliphatic rings. The molecule has 0 heterocycles. The highest BCUT2D eigenvalue weighted by Crippen LogP contribution is 2.25. The summed E-state index contributed by atoms with van der Waals surface area (Å²) in [4.78, 5) is 0. The monoisotopic (exact) mass is 195 g/mol. The highest BCUT2D eigenvalue weighted by atomic mass is 14.4. The van der Waals surface area contributed by atoms with Gasteiger partial charge in [0.05, 0.1) is 0 Å². The maximum absolute atomic E-state index is 8.06. The summed E-state index contributed by atoms with van der Waals surface area (Å²) in [7, 11) is 0. The molecule has 0 aliphatic heterocycles. The molecule has 0 spiro atoms. The van der Waals surface area contributed by atoms with Crippen LogP contribution in [0.3, 0.4) is 0 Å². The Morgan fingerprint density at radius 2 is 1.71 bits per heavy atom. The van der Waals surface area contributed by atoms with Crippen LogP contribution in [-0.2, 0) is 0 Å². The van der Waals surface area contributed by atoms with E-state index in [1.807, 2.05) is 0 Å². The molecule has 0 radical (unpaired) electrons. The summed E-state index contributed by atoms with van der Waals surface area (Å²) in [6.07, 6.45) is 13.0. The smallest absolute Gasteiger partial charge is 0.0120 e. The molecule has 1 N–H and O–H groups in total. The maximum atomic E-state index is 8.06. The number of nitrogens with one attached hydrogen (secondary N) is 1. The van der Waals surface area contributed by atoms with E-state index in [9.17, 15) is 0 Å². The van der Waals surface area contributed by atoms with Gasteiger partial charge in [-0.1, -0.05) is 45.4 Å². The molecule has 0 unspecified atom stereocenters. The van der Waals surface area contributed by atoms with Crippen molar-refractivity contribution in [1.82, 2.24) is 0 Å². The largest absolute Gasteiger partial charge is 0.309 e. The van der Waals surface area contributed by atoms with Crippen molar-refractivity contribution in [3.8, 4) is 0 Å². The van der Waals surface area contributed by atoms with Gasteiger partial charge in [-0.15, -0.1) is 0 Å². The third kappa shape index (κ3) is 4.26. The molecular weight excluding hydrogens is 170 g/mol. The van der Waals surface area contributed by atoms with Crippen molar-refractivity contribution >= 4 is 5.71 Å². The first kappa shape index (κ1) is 11.7. The molecule has 1 rings (SSSR count).